The van der Waals surface area contributed by atoms with Gasteiger partial charge in [0.25, 0.3) is 0 Å². The van der Waals surface area contributed by atoms with Crippen LogP contribution in [0.3, 0.4) is 0 Å². The van der Waals surface area contributed by atoms with E-state index in [1.54, 1.807) is 23.9 Å². The van der Waals surface area contributed by atoms with E-state index >= 15 is 0 Å². The molecule has 1 heterocycles. The summed E-state index contributed by atoms with van der Waals surface area (Å²) >= 11 is 0. The van der Waals surface area contributed by atoms with Gasteiger partial charge in [-0.25, -0.2) is 0 Å². The van der Waals surface area contributed by atoms with Gasteiger partial charge in [0.15, 0.2) is 17.3 Å². The fraction of sp³-hybridized carbons (Fsp3) is 0.450. The Balaban J connectivity index is 2.11. The van der Waals surface area contributed by atoms with Gasteiger partial charge in [0.05, 0.1) is 32.6 Å². The molecule has 1 N–H and O–H groups in total. The Bertz CT molecular complexity index is 873. The summed E-state index contributed by atoms with van der Waals surface area (Å²) in [6, 6.07) is 3.16. The highest BCUT2D eigenvalue weighted by Crippen LogP contribution is 2.35. The maximum Gasteiger partial charge on any atom is 0.225 e. The third-order valence-electron chi connectivity index (χ3n) is 4.54. The Labute approximate surface area is 164 Å². The van der Waals surface area contributed by atoms with E-state index in [4.69, 9.17) is 14.2 Å². The number of methoxy groups -OCH3 is 3. The number of aryl methyl sites for hydroxylation is 2. The van der Waals surface area contributed by atoms with E-state index < -0.39 is 0 Å². The molecule has 0 spiro atoms. The predicted octanol–water partition coefficient (Wildman–Crippen LogP) is 2.92. The van der Waals surface area contributed by atoms with Crippen molar-refractivity contribution in [2.24, 2.45) is 7.05 Å². The van der Waals surface area contributed by atoms with Gasteiger partial charge >= 0.3 is 0 Å². The molecule has 1 aromatic heterocycles. The Morgan fingerprint density at radius 3 is 2.21 bits per heavy atom. The van der Waals surface area contributed by atoms with Crippen LogP contribution >= 0.6 is 0 Å². The maximum absolute atomic E-state index is 12.7. The number of aromatic nitrogens is 2. The highest BCUT2D eigenvalue weighted by Gasteiger charge is 2.20. The molecule has 2 rings (SSSR count). The van der Waals surface area contributed by atoms with Crippen molar-refractivity contribution in [1.82, 2.24) is 9.78 Å². The lowest BCUT2D eigenvalue weighted by molar-refractivity contribution is -0.116. The lowest BCUT2D eigenvalue weighted by Gasteiger charge is -2.13. The van der Waals surface area contributed by atoms with Crippen LogP contribution in [0.25, 0.3) is 0 Å². The second-order valence-electron chi connectivity index (χ2n) is 6.27. The van der Waals surface area contributed by atoms with E-state index in [-0.39, 0.29) is 24.5 Å². The van der Waals surface area contributed by atoms with Gasteiger partial charge in [0.2, 0.25) is 5.91 Å². The molecule has 1 aromatic carbocycles. The second-order valence-corrected chi connectivity index (χ2v) is 6.27. The van der Waals surface area contributed by atoms with Crippen LogP contribution in [0, 0.1) is 6.92 Å². The first-order valence-corrected chi connectivity index (χ1v) is 9.01. The summed E-state index contributed by atoms with van der Waals surface area (Å²) in [5, 5.41) is 7.19. The topological polar surface area (TPSA) is 91.7 Å². The van der Waals surface area contributed by atoms with E-state index in [9.17, 15) is 9.59 Å². The molecule has 0 bridgehead atoms. The molecule has 0 aliphatic heterocycles. The van der Waals surface area contributed by atoms with Gasteiger partial charge < -0.3 is 19.5 Å². The van der Waals surface area contributed by atoms with E-state index in [0.717, 1.165) is 17.7 Å². The number of amides is 1. The van der Waals surface area contributed by atoms with E-state index in [0.29, 0.717) is 28.6 Å². The lowest BCUT2D eigenvalue weighted by Crippen LogP contribution is -2.17. The average Bonchev–Trinajstić information content (AvgIpc) is 2.96. The van der Waals surface area contributed by atoms with Crippen molar-refractivity contribution in [3.63, 3.8) is 0 Å². The first-order chi connectivity index (χ1) is 13.4. The number of nitrogens with one attached hydrogen (secondary N) is 1. The average molecular weight is 389 g/mol. The SMILES string of the molecule is CCc1c(C)nn(C)c1NC(=O)CCC(=O)c1cc(OC)c(OC)cc1OC. The van der Waals surface area contributed by atoms with E-state index in [1.807, 2.05) is 13.8 Å². The van der Waals surface area contributed by atoms with Gasteiger partial charge in [-0.1, -0.05) is 6.92 Å². The van der Waals surface area contributed by atoms with Crippen molar-refractivity contribution >= 4 is 17.5 Å². The molecule has 0 saturated carbocycles. The maximum atomic E-state index is 12.7. The number of benzene rings is 1. The monoisotopic (exact) mass is 389 g/mol. The number of carbonyl (C=O) groups excluding carboxylic acids is 2. The largest absolute Gasteiger partial charge is 0.496 e. The Morgan fingerprint density at radius 1 is 1.04 bits per heavy atom. The summed E-state index contributed by atoms with van der Waals surface area (Å²) in [5.74, 6) is 1.47. The Morgan fingerprint density at radius 2 is 1.64 bits per heavy atom. The van der Waals surface area contributed by atoms with Crippen molar-refractivity contribution in [2.45, 2.75) is 33.1 Å². The molecule has 0 aliphatic rings. The first kappa shape index (κ1) is 21.3. The number of nitrogens with zero attached hydrogens (tertiary/aromatic N) is 2. The van der Waals surface area contributed by atoms with Crippen molar-refractivity contribution in [3.05, 3.63) is 29.0 Å². The van der Waals surface area contributed by atoms with Crippen LogP contribution in [-0.4, -0.2) is 42.8 Å². The molecular formula is C20H27N3O5. The van der Waals surface area contributed by atoms with Gasteiger partial charge in [-0.3, -0.25) is 14.3 Å². The molecular weight excluding hydrogens is 362 g/mol. The van der Waals surface area contributed by atoms with Crippen LogP contribution in [0.4, 0.5) is 5.82 Å². The number of Topliss-reactive ketones (excluding diaryl/α,β-unsaturated/α-hetero) is 1. The molecule has 0 fully saturated rings. The van der Waals surface area contributed by atoms with Gasteiger partial charge in [0.1, 0.15) is 11.6 Å². The number of ether oxygens (including phenoxy) is 3. The molecule has 8 nitrogen and oxygen atoms in total. The molecule has 0 saturated heterocycles. The van der Waals surface area contributed by atoms with Crippen LogP contribution in [0.1, 0.15) is 41.4 Å². The number of hydrogen-bond acceptors (Lipinski definition) is 6. The molecule has 8 heteroatoms. The van der Waals surface area contributed by atoms with E-state index in [2.05, 4.69) is 10.4 Å². The molecule has 2 aromatic rings. The molecule has 152 valence electrons. The third-order valence-corrected chi connectivity index (χ3v) is 4.54. The number of ketones is 1. The van der Waals surface area contributed by atoms with E-state index in [1.165, 1.54) is 21.3 Å². The van der Waals surface area contributed by atoms with Crippen molar-refractivity contribution in [3.8, 4) is 17.2 Å². The predicted molar refractivity (Wildman–Crippen MR) is 106 cm³/mol. The quantitative estimate of drug-likeness (QED) is 0.663. The third kappa shape index (κ3) is 4.44. The zero-order chi connectivity index (χ0) is 20.8. The van der Waals surface area contributed by atoms with Crippen molar-refractivity contribution < 1.29 is 23.8 Å². The lowest BCUT2D eigenvalue weighted by atomic mass is 10.0. The molecule has 0 aliphatic carbocycles. The summed E-state index contributed by atoms with van der Waals surface area (Å²) < 4.78 is 17.4. The van der Waals surface area contributed by atoms with Gasteiger partial charge in [-0.05, 0) is 19.4 Å². The normalized spacial score (nSPS) is 10.5. The van der Waals surface area contributed by atoms with Crippen LogP contribution in [0.15, 0.2) is 12.1 Å². The molecule has 0 radical (unpaired) electrons. The van der Waals surface area contributed by atoms with Gasteiger partial charge in [0, 0.05) is 31.5 Å². The zero-order valence-corrected chi connectivity index (χ0v) is 17.2. The molecule has 28 heavy (non-hydrogen) atoms. The highest BCUT2D eigenvalue weighted by atomic mass is 16.5. The minimum absolute atomic E-state index is 0.0377. The van der Waals surface area contributed by atoms with Gasteiger partial charge in [-0.2, -0.15) is 5.10 Å². The molecule has 0 unspecified atom stereocenters. The smallest absolute Gasteiger partial charge is 0.225 e. The number of rotatable bonds is 9. The second kappa shape index (κ2) is 9.25. The first-order valence-electron chi connectivity index (χ1n) is 9.01. The Kier molecular flexibility index (Phi) is 7.03. The van der Waals surface area contributed by atoms with Crippen LogP contribution in [0.5, 0.6) is 17.2 Å². The number of carbonyl (C=O) groups is 2. The summed E-state index contributed by atoms with van der Waals surface area (Å²) in [7, 11) is 6.25. The Hall–Kier alpha value is -3.03. The molecule has 1 amide bonds. The highest BCUT2D eigenvalue weighted by molar-refractivity contribution is 6.02. The van der Waals surface area contributed by atoms with Crippen molar-refractivity contribution in [2.75, 3.05) is 26.6 Å². The van der Waals surface area contributed by atoms with Crippen LogP contribution in [0.2, 0.25) is 0 Å². The summed E-state index contributed by atoms with van der Waals surface area (Å²) in [5.41, 5.74) is 2.22. The molecule has 0 atom stereocenters. The number of hydrogen-bond donors (Lipinski definition) is 1. The summed E-state index contributed by atoms with van der Waals surface area (Å²) in [6.07, 6.45) is 0.844. The standard InChI is InChI=1S/C20H27N3O5/c1-7-13-12(2)22-23(3)20(13)21-19(25)9-8-15(24)14-10-17(27-5)18(28-6)11-16(14)26-4/h10-11H,7-9H2,1-6H3,(H,21,25). The van der Waals surface area contributed by atoms with Gasteiger partial charge in [-0.15, -0.1) is 0 Å². The minimum atomic E-state index is -0.245. The fourth-order valence-electron chi connectivity index (χ4n) is 3.09. The fourth-order valence-corrected chi connectivity index (χ4v) is 3.09. The summed E-state index contributed by atoms with van der Waals surface area (Å²) in [6.45, 7) is 3.91. The van der Waals surface area contributed by atoms with Crippen LogP contribution in [-0.2, 0) is 18.3 Å². The van der Waals surface area contributed by atoms with Crippen molar-refractivity contribution in [1.29, 1.82) is 0 Å². The zero-order valence-electron chi connectivity index (χ0n) is 17.2. The number of anilines is 1. The van der Waals surface area contributed by atoms with Crippen LogP contribution < -0.4 is 19.5 Å². The minimum Gasteiger partial charge on any atom is -0.496 e. The summed E-state index contributed by atoms with van der Waals surface area (Å²) in [4.78, 5) is 25.0.